The third-order valence-corrected chi connectivity index (χ3v) is 4.88. The molecule has 0 saturated carbocycles. The summed E-state index contributed by atoms with van der Waals surface area (Å²) in [5, 5.41) is 7.90. The molecule has 1 amide bonds. The first-order chi connectivity index (χ1) is 15.1. The van der Waals surface area contributed by atoms with Crippen molar-refractivity contribution in [2.24, 2.45) is 0 Å². The number of amides is 1. The second kappa shape index (κ2) is 8.63. The molecule has 0 fully saturated rings. The molecule has 0 saturated heterocycles. The number of pyridine rings is 2. The van der Waals surface area contributed by atoms with E-state index in [1.54, 1.807) is 54.9 Å². The summed E-state index contributed by atoms with van der Waals surface area (Å²) in [6.07, 6.45) is 8.36. The van der Waals surface area contributed by atoms with Gasteiger partial charge in [-0.05, 0) is 36.8 Å². The van der Waals surface area contributed by atoms with Crippen molar-refractivity contribution in [2.45, 2.75) is 13.5 Å². The summed E-state index contributed by atoms with van der Waals surface area (Å²) in [7, 11) is 1.74. The van der Waals surface area contributed by atoms with Crippen LogP contribution in [0.4, 0.5) is 5.69 Å². The van der Waals surface area contributed by atoms with Gasteiger partial charge in [0.05, 0.1) is 24.9 Å². The lowest BCUT2D eigenvalue weighted by Gasteiger charge is -2.19. The molecule has 1 N–H and O–H groups in total. The Morgan fingerprint density at radius 2 is 2.00 bits per heavy atom. The number of H-pyrrole nitrogens is 1. The molecule has 0 aliphatic carbocycles. The highest BCUT2D eigenvalue weighted by atomic mass is 16.5. The van der Waals surface area contributed by atoms with Crippen molar-refractivity contribution >= 4 is 22.5 Å². The SMILES string of the molecule is [C-]#[N+]c1cncc(-c2ccc(C(=O)N(C)Cc3cncc4cn[nH]c34)cc2OCC)c1. The molecule has 1 aromatic carbocycles. The number of aromatic nitrogens is 4. The smallest absolute Gasteiger partial charge is 0.254 e. The molecule has 0 radical (unpaired) electrons. The van der Waals surface area contributed by atoms with Gasteiger partial charge in [0.25, 0.3) is 5.91 Å². The Labute approximate surface area is 179 Å². The summed E-state index contributed by atoms with van der Waals surface area (Å²) in [6.45, 7) is 9.92. The first-order valence-electron chi connectivity index (χ1n) is 9.72. The highest BCUT2D eigenvalue weighted by Gasteiger charge is 2.17. The number of aromatic amines is 1. The summed E-state index contributed by atoms with van der Waals surface area (Å²) in [5.41, 5.74) is 4.25. The average Bonchev–Trinajstić information content (AvgIpc) is 3.29. The van der Waals surface area contributed by atoms with Crippen molar-refractivity contribution in [1.82, 2.24) is 25.1 Å². The van der Waals surface area contributed by atoms with Crippen LogP contribution in [0.3, 0.4) is 0 Å². The summed E-state index contributed by atoms with van der Waals surface area (Å²) < 4.78 is 5.80. The first-order valence-corrected chi connectivity index (χ1v) is 9.72. The molecule has 8 heteroatoms. The van der Waals surface area contributed by atoms with Crippen LogP contribution in [0.2, 0.25) is 0 Å². The standard InChI is InChI=1S/C23H20N6O2/c1-4-31-21-8-15(5-6-20(21)16-7-19(24-2)13-26-9-16)23(30)29(3)14-18-11-25-10-17-12-27-28-22(17)18/h5-13H,4,14H2,1,3H3,(H,27,28). The second-order valence-electron chi connectivity index (χ2n) is 6.98. The minimum atomic E-state index is -0.142. The third-order valence-electron chi connectivity index (χ3n) is 4.88. The number of carbonyl (C=O) groups is 1. The van der Waals surface area contributed by atoms with E-state index >= 15 is 0 Å². The van der Waals surface area contributed by atoms with E-state index in [-0.39, 0.29) is 5.91 Å². The van der Waals surface area contributed by atoms with Crippen LogP contribution in [0, 0.1) is 6.57 Å². The summed E-state index contributed by atoms with van der Waals surface area (Å²) >= 11 is 0. The van der Waals surface area contributed by atoms with E-state index in [9.17, 15) is 4.79 Å². The van der Waals surface area contributed by atoms with Gasteiger partial charge in [-0.1, -0.05) is 0 Å². The van der Waals surface area contributed by atoms with Crippen LogP contribution in [-0.4, -0.2) is 44.6 Å². The van der Waals surface area contributed by atoms with Crippen LogP contribution in [-0.2, 0) is 6.54 Å². The minimum Gasteiger partial charge on any atom is -0.493 e. The number of rotatable bonds is 6. The maximum absolute atomic E-state index is 13.1. The third kappa shape index (κ3) is 4.07. The number of nitrogens with zero attached hydrogens (tertiary/aromatic N) is 5. The zero-order valence-corrected chi connectivity index (χ0v) is 17.2. The molecule has 0 atom stereocenters. The molecule has 31 heavy (non-hydrogen) atoms. The largest absolute Gasteiger partial charge is 0.493 e. The van der Waals surface area contributed by atoms with E-state index in [1.165, 1.54) is 6.20 Å². The van der Waals surface area contributed by atoms with Crippen LogP contribution in [0.25, 0.3) is 26.9 Å². The Kier molecular flexibility index (Phi) is 5.58. The highest BCUT2D eigenvalue weighted by molar-refractivity contribution is 5.95. The molecule has 3 heterocycles. The lowest BCUT2D eigenvalue weighted by Crippen LogP contribution is -2.26. The van der Waals surface area contributed by atoms with Crippen molar-refractivity contribution < 1.29 is 9.53 Å². The van der Waals surface area contributed by atoms with E-state index in [4.69, 9.17) is 11.3 Å². The van der Waals surface area contributed by atoms with E-state index in [0.29, 0.717) is 30.2 Å². The topological polar surface area (TPSA) is 88.4 Å². The normalized spacial score (nSPS) is 10.6. The van der Waals surface area contributed by atoms with Crippen molar-refractivity contribution in [2.75, 3.05) is 13.7 Å². The maximum Gasteiger partial charge on any atom is 0.254 e. The van der Waals surface area contributed by atoms with E-state index in [0.717, 1.165) is 27.6 Å². The Bertz CT molecular complexity index is 1290. The molecule has 4 aromatic rings. The van der Waals surface area contributed by atoms with Crippen LogP contribution < -0.4 is 4.74 Å². The Morgan fingerprint density at radius 3 is 2.81 bits per heavy atom. The quantitative estimate of drug-likeness (QED) is 0.479. The second-order valence-corrected chi connectivity index (χ2v) is 6.98. The summed E-state index contributed by atoms with van der Waals surface area (Å²) in [6, 6.07) is 7.07. The average molecular weight is 412 g/mol. The van der Waals surface area contributed by atoms with Gasteiger partial charge in [0.2, 0.25) is 5.69 Å². The fraction of sp³-hybridized carbons (Fsp3) is 0.174. The molecule has 0 aliphatic heterocycles. The number of hydrogen-bond donors (Lipinski definition) is 1. The first kappa shape index (κ1) is 20.0. The Balaban J connectivity index is 1.62. The van der Waals surface area contributed by atoms with Crippen LogP contribution >= 0.6 is 0 Å². The molecule has 3 aromatic heterocycles. The summed E-state index contributed by atoms with van der Waals surface area (Å²) in [4.78, 5) is 26.5. The number of nitrogens with one attached hydrogen (secondary N) is 1. The van der Waals surface area contributed by atoms with Crippen LogP contribution in [0.5, 0.6) is 5.75 Å². The van der Waals surface area contributed by atoms with Gasteiger partial charge >= 0.3 is 0 Å². The van der Waals surface area contributed by atoms with Crippen LogP contribution in [0.1, 0.15) is 22.8 Å². The Morgan fingerprint density at radius 1 is 1.16 bits per heavy atom. The molecule has 154 valence electrons. The zero-order chi connectivity index (χ0) is 21.8. The fourth-order valence-corrected chi connectivity index (χ4v) is 3.40. The molecule has 4 rings (SSSR count). The van der Waals surface area contributed by atoms with Crippen molar-refractivity contribution in [3.05, 3.63) is 77.8 Å². The predicted molar refractivity (Wildman–Crippen MR) is 117 cm³/mol. The van der Waals surface area contributed by atoms with Crippen LogP contribution in [0.15, 0.2) is 55.2 Å². The van der Waals surface area contributed by atoms with Crippen molar-refractivity contribution in [3.8, 4) is 16.9 Å². The summed E-state index contributed by atoms with van der Waals surface area (Å²) in [5.74, 6) is 0.431. The minimum absolute atomic E-state index is 0.142. The van der Waals surface area contributed by atoms with Gasteiger partial charge in [0, 0.05) is 60.5 Å². The molecular formula is C23H20N6O2. The van der Waals surface area contributed by atoms with Crippen molar-refractivity contribution in [1.29, 1.82) is 0 Å². The monoisotopic (exact) mass is 412 g/mol. The maximum atomic E-state index is 13.1. The Hall–Kier alpha value is -4.25. The number of ether oxygens (including phenoxy) is 1. The molecule has 0 aliphatic rings. The molecule has 8 nitrogen and oxygen atoms in total. The lowest BCUT2D eigenvalue weighted by molar-refractivity contribution is 0.0785. The van der Waals surface area contributed by atoms with Gasteiger partial charge < -0.3 is 9.64 Å². The predicted octanol–water partition coefficient (Wildman–Crippen LogP) is 4.24. The number of benzene rings is 1. The number of carbonyl (C=O) groups excluding carboxylic acids is 1. The van der Waals surface area contributed by atoms with Gasteiger partial charge in [-0.3, -0.25) is 19.9 Å². The molecular weight excluding hydrogens is 392 g/mol. The number of hydrogen-bond acceptors (Lipinski definition) is 5. The highest BCUT2D eigenvalue weighted by Crippen LogP contribution is 2.33. The number of fused-ring (bicyclic) bond motifs is 1. The molecule has 0 spiro atoms. The van der Waals surface area contributed by atoms with Gasteiger partial charge in [0.15, 0.2) is 0 Å². The van der Waals surface area contributed by atoms with Gasteiger partial charge in [-0.25, -0.2) is 4.85 Å². The van der Waals surface area contributed by atoms with Gasteiger partial charge in [-0.15, -0.1) is 0 Å². The molecule has 0 bridgehead atoms. The lowest BCUT2D eigenvalue weighted by atomic mass is 10.0. The van der Waals surface area contributed by atoms with Gasteiger partial charge in [0.1, 0.15) is 5.75 Å². The fourth-order valence-electron chi connectivity index (χ4n) is 3.40. The van der Waals surface area contributed by atoms with E-state index in [1.807, 2.05) is 13.0 Å². The van der Waals surface area contributed by atoms with Gasteiger partial charge in [-0.2, -0.15) is 5.10 Å². The van der Waals surface area contributed by atoms with Crippen molar-refractivity contribution in [3.63, 3.8) is 0 Å². The zero-order valence-electron chi connectivity index (χ0n) is 17.2. The molecule has 0 unspecified atom stereocenters. The van der Waals surface area contributed by atoms with E-state index < -0.39 is 0 Å². The van der Waals surface area contributed by atoms with E-state index in [2.05, 4.69) is 25.0 Å².